The summed E-state index contributed by atoms with van der Waals surface area (Å²) in [5.41, 5.74) is 0.944. The summed E-state index contributed by atoms with van der Waals surface area (Å²) in [6, 6.07) is 4.47. The van der Waals surface area contributed by atoms with Gasteiger partial charge in [-0.15, -0.1) is 6.58 Å². The summed E-state index contributed by atoms with van der Waals surface area (Å²) in [6.45, 7) is 3.68. The fraction of sp³-hybridized carbons (Fsp3) is 0.0769. The molecule has 1 aliphatic heterocycles. The largest absolute Gasteiger partial charge is 0.507 e. The van der Waals surface area contributed by atoms with Crippen LogP contribution in [0.4, 0.5) is 4.79 Å². The van der Waals surface area contributed by atoms with Crippen LogP contribution in [0.1, 0.15) is 5.56 Å². The maximum Gasteiger partial charge on any atom is 0.329 e. The van der Waals surface area contributed by atoms with Gasteiger partial charge in [0.2, 0.25) is 0 Å². The van der Waals surface area contributed by atoms with E-state index >= 15 is 0 Å². The highest BCUT2D eigenvalue weighted by Crippen LogP contribution is 2.22. The number of imide groups is 1. The molecule has 5 nitrogen and oxygen atoms in total. The average molecular weight is 370 g/mol. The molecule has 0 saturated carbocycles. The summed E-state index contributed by atoms with van der Waals surface area (Å²) >= 11 is 1.99. The van der Waals surface area contributed by atoms with Gasteiger partial charge in [0.1, 0.15) is 11.4 Å². The first-order valence-electron chi connectivity index (χ1n) is 5.47. The maximum atomic E-state index is 11.9. The van der Waals surface area contributed by atoms with E-state index in [-0.39, 0.29) is 23.9 Å². The van der Waals surface area contributed by atoms with E-state index in [0.29, 0.717) is 3.57 Å². The lowest BCUT2D eigenvalue weighted by Gasteiger charge is -2.06. The van der Waals surface area contributed by atoms with Gasteiger partial charge >= 0.3 is 6.03 Å². The molecule has 0 unspecified atom stereocenters. The van der Waals surface area contributed by atoms with Crippen molar-refractivity contribution in [3.05, 3.63) is 45.7 Å². The van der Waals surface area contributed by atoms with E-state index in [1.807, 2.05) is 22.6 Å². The van der Waals surface area contributed by atoms with Crippen LogP contribution in [0.3, 0.4) is 0 Å². The Labute approximate surface area is 123 Å². The van der Waals surface area contributed by atoms with E-state index in [9.17, 15) is 14.7 Å². The second-order valence-corrected chi connectivity index (χ2v) is 5.07. The predicted molar refractivity (Wildman–Crippen MR) is 79.2 cm³/mol. The number of rotatable bonds is 3. The van der Waals surface area contributed by atoms with Crippen molar-refractivity contribution < 1.29 is 14.7 Å². The van der Waals surface area contributed by atoms with Gasteiger partial charge in [-0.2, -0.15) is 0 Å². The molecular weight excluding hydrogens is 359 g/mol. The van der Waals surface area contributed by atoms with E-state index in [1.165, 1.54) is 12.1 Å². The number of amides is 3. The summed E-state index contributed by atoms with van der Waals surface area (Å²) in [4.78, 5) is 24.6. The summed E-state index contributed by atoms with van der Waals surface area (Å²) in [5.74, 6) is -0.203. The average Bonchev–Trinajstić information content (AvgIpc) is 2.62. The number of nitrogens with one attached hydrogen (secondary N) is 1. The Balaban J connectivity index is 2.29. The van der Waals surface area contributed by atoms with E-state index in [2.05, 4.69) is 11.9 Å². The summed E-state index contributed by atoms with van der Waals surface area (Å²) in [6.07, 6.45) is 3.06. The Hall–Kier alpha value is -1.83. The van der Waals surface area contributed by atoms with Crippen LogP contribution in [-0.2, 0) is 4.79 Å². The lowest BCUT2D eigenvalue weighted by Crippen LogP contribution is -2.30. The molecule has 19 heavy (non-hydrogen) atoms. The lowest BCUT2D eigenvalue weighted by atomic mass is 10.2. The minimum Gasteiger partial charge on any atom is -0.507 e. The maximum absolute atomic E-state index is 11.9. The van der Waals surface area contributed by atoms with Crippen LogP contribution in [-0.4, -0.2) is 28.5 Å². The van der Waals surface area contributed by atoms with Crippen molar-refractivity contribution in [1.82, 2.24) is 10.2 Å². The minimum absolute atomic E-state index is 0.176. The number of carbonyl (C=O) groups is 2. The smallest absolute Gasteiger partial charge is 0.329 e. The van der Waals surface area contributed by atoms with Crippen molar-refractivity contribution in [2.45, 2.75) is 0 Å². The van der Waals surface area contributed by atoms with Crippen molar-refractivity contribution in [2.24, 2.45) is 0 Å². The molecule has 1 aliphatic rings. The topological polar surface area (TPSA) is 69.6 Å². The fourth-order valence-corrected chi connectivity index (χ4v) is 2.19. The SMILES string of the molecule is C=CCN1C(=O)N/C(=C/c2ccc(O)c(I)c2)C1=O. The van der Waals surface area contributed by atoms with Crippen LogP contribution in [0.5, 0.6) is 5.75 Å². The first-order chi connectivity index (χ1) is 9.02. The van der Waals surface area contributed by atoms with Crippen molar-refractivity contribution in [2.75, 3.05) is 6.54 Å². The molecule has 1 aromatic rings. The number of phenols is 1. The Morgan fingerprint density at radius 1 is 1.42 bits per heavy atom. The highest BCUT2D eigenvalue weighted by Gasteiger charge is 2.32. The molecule has 1 saturated heterocycles. The summed E-state index contributed by atoms with van der Waals surface area (Å²) in [5, 5.41) is 11.9. The van der Waals surface area contributed by atoms with Crippen LogP contribution in [0, 0.1) is 3.57 Å². The number of nitrogens with zero attached hydrogens (tertiary/aromatic N) is 1. The predicted octanol–water partition coefficient (Wildman–Crippen LogP) is 2.08. The highest BCUT2D eigenvalue weighted by atomic mass is 127. The molecule has 0 aliphatic carbocycles. The molecule has 1 aromatic carbocycles. The van der Waals surface area contributed by atoms with Gasteiger partial charge in [-0.1, -0.05) is 12.1 Å². The van der Waals surface area contributed by atoms with Crippen LogP contribution >= 0.6 is 22.6 Å². The molecule has 3 amide bonds. The quantitative estimate of drug-likeness (QED) is 0.371. The number of halogens is 1. The summed E-state index contributed by atoms with van der Waals surface area (Å²) < 4.78 is 0.673. The van der Waals surface area contributed by atoms with Gasteiger partial charge in [-0.3, -0.25) is 9.69 Å². The first-order valence-corrected chi connectivity index (χ1v) is 6.54. The molecular formula is C13H11IN2O3. The van der Waals surface area contributed by atoms with Gasteiger partial charge in [-0.25, -0.2) is 4.79 Å². The van der Waals surface area contributed by atoms with Gasteiger partial charge in [0.25, 0.3) is 5.91 Å². The van der Waals surface area contributed by atoms with Crippen LogP contribution in [0.25, 0.3) is 6.08 Å². The standard InChI is InChI=1S/C13H11IN2O3/c1-2-5-16-12(18)10(15-13(16)19)7-8-3-4-11(17)9(14)6-8/h2-4,6-7,17H,1,5H2,(H,15,19)/b10-7+. The van der Waals surface area contributed by atoms with Gasteiger partial charge in [-0.05, 0) is 46.4 Å². The zero-order valence-electron chi connectivity index (χ0n) is 9.89. The number of phenolic OH excluding ortho intramolecular Hbond substituents is 1. The second-order valence-electron chi connectivity index (χ2n) is 3.90. The number of carbonyl (C=O) groups excluding carboxylic acids is 2. The number of hydrogen-bond acceptors (Lipinski definition) is 3. The molecule has 1 fully saturated rings. The molecule has 0 bridgehead atoms. The number of aromatic hydroxyl groups is 1. The van der Waals surface area contributed by atoms with E-state index < -0.39 is 6.03 Å². The van der Waals surface area contributed by atoms with Crippen LogP contribution in [0.15, 0.2) is 36.6 Å². The Morgan fingerprint density at radius 2 is 2.16 bits per heavy atom. The summed E-state index contributed by atoms with van der Waals surface area (Å²) in [7, 11) is 0. The molecule has 0 atom stereocenters. The van der Waals surface area contributed by atoms with Gasteiger partial charge in [0, 0.05) is 6.54 Å². The normalized spacial score (nSPS) is 16.9. The molecule has 0 radical (unpaired) electrons. The monoisotopic (exact) mass is 370 g/mol. The van der Waals surface area contributed by atoms with Crippen molar-refractivity contribution >= 4 is 40.6 Å². The van der Waals surface area contributed by atoms with Gasteiger partial charge < -0.3 is 10.4 Å². The van der Waals surface area contributed by atoms with Crippen LogP contribution in [0.2, 0.25) is 0 Å². The van der Waals surface area contributed by atoms with Crippen LogP contribution < -0.4 is 5.32 Å². The lowest BCUT2D eigenvalue weighted by molar-refractivity contribution is -0.122. The zero-order chi connectivity index (χ0) is 14.0. The third kappa shape index (κ3) is 2.78. The molecule has 98 valence electrons. The first kappa shape index (κ1) is 13.6. The van der Waals surface area contributed by atoms with E-state index in [4.69, 9.17) is 0 Å². The van der Waals surface area contributed by atoms with Crippen molar-refractivity contribution in [3.63, 3.8) is 0 Å². The molecule has 1 heterocycles. The van der Waals surface area contributed by atoms with E-state index in [0.717, 1.165) is 10.5 Å². The van der Waals surface area contributed by atoms with Gasteiger partial charge in [0.15, 0.2) is 0 Å². The number of benzene rings is 1. The number of urea groups is 1. The fourth-order valence-electron chi connectivity index (χ4n) is 1.65. The molecule has 2 N–H and O–H groups in total. The third-order valence-electron chi connectivity index (χ3n) is 2.56. The Morgan fingerprint density at radius 3 is 2.79 bits per heavy atom. The zero-order valence-corrected chi connectivity index (χ0v) is 12.0. The Kier molecular flexibility index (Phi) is 3.89. The molecule has 0 aromatic heterocycles. The van der Waals surface area contributed by atoms with Crippen molar-refractivity contribution in [3.8, 4) is 5.75 Å². The highest BCUT2D eigenvalue weighted by molar-refractivity contribution is 14.1. The minimum atomic E-state index is -0.454. The Bertz CT molecular complexity index is 596. The molecule has 2 rings (SSSR count). The second kappa shape index (κ2) is 5.43. The van der Waals surface area contributed by atoms with E-state index in [1.54, 1.807) is 18.2 Å². The number of hydrogen-bond donors (Lipinski definition) is 2. The molecule has 0 spiro atoms. The molecule has 6 heteroatoms. The van der Waals surface area contributed by atoms with Gasteiger partial charge in [0.05, 0.1) is 3.57 Å². The van der Waals surface area contributed by atoms with Crippen molar-refractivity contribution in [1.29, 1.82) is 0 Å². The third-order valence-corrected chi connectivity index (χ3v) is 3.42.